The van der Waals surface area contributed by atoms with Gasteiger partial charge in [-0.1, -0.05) is 67.8 Å². The van der Waals surface area contributed by atoms with Crippen molar-refractivity contribution in [2.24, 2.45) is 47.3 Å². The van der Waals surface area contributed by atoms with Crippen LogP contribution in [0.5, 0.6) is 0 Å². The van der Waals surface area contributed by atoms with Crippen LogP contribution in [0.1, 0.15) is 69.3 Å². The maximum absolute atomic E-state index is 14.4. The fraction of sp³-hybridized carbons (Fsp3) is 0.486. The van der Waals surface area contributed by atoms with E-state index in [0.717, 1.165) is 23.7 Å². The van der Waals surface area contributed by atoms with E-state index in [1.54, 1.807) is 0 Å². The maximum Gasteiger partial charge on any atom is 0.140 e. The van der Waals surface area contributed by atoms with Crippen molar-refractivity contribution in [1.29, 1.82) is 0 Å². The third-order valence-electron chi connectivity index (χ3n) is 12.4. The molecule has 9 atom stereocenters. The Hall–Kier alpha value is -2.87. The zero-order valence-electron chi connectivity index (χ0n) is 22.8. The summed E-state index contributed by atoms with van der Waals surface area (Å²) in [5.41, 5.74) is 5.19. The number of aromatic nitrogens is 1. The van der Waals surface area contributed by atoms with Crippen LogP contribution in [0.3, 0.4) is 0 Å². The molecule has 1 heterocycles. The number of hydrogen-bond acceptors (Lipinski definition) is 1. The van der Waals surface area contributed by atoms with Gasteiger partial charge in [0.2, 0.25) is 0 Å². The molecule has 5 saturated carbocycles. The van der Waals surface area contributed by atoms with Crippen LogP contribution in [0, 0.1) is 47.3 Å². The SMILES string of the molecule is O=C1C2CCCC3C4CCCCC4C4CCC(c5ccc6c7ccccc7n(-c7ccccc7)c6c5)C1C4C23. The number of nitrogens with zero attached hydrogens (tertiary/aromatic N) is 1. The molecule has 0 saturated heterocycles. The second kappa shape index (κ2) is 8.56. The normalized spacial score (nSPS) is 37.1. The molecular weight excluding hydrogens is 474 g/mol. The van der Waals surface area contributed by atoms with Crippen molar-refractivity contribution >= 4 is 27.6 Å². The molecule has 0 bridgehead atoms. The van der Waals surface area contributed by atoms with Crippen molar-refractivity contribution in [2.45, 2.75) is 63.7 Å². The number of carbonyl (C=O) groups is 1. The highest BCUT2D eigenvalue weighted by Gasteiger charge is 2.64. The first-order chi connectivity index (χ1) is 19.3. The predicted molar refractivity (Wildman–Crippen MR) is 158 cm³/mol. The molecule has 4 aromatic rings. The van der Waals surface area contributed by atoms with Crippen molar-refractivity contribution in [3.63, 3.8) is 0 Å². The smallest absolute Gasteiger partial charge is 0.140 e. The molecule has 0 radical (unpaired) electrons. The molecule has 5 aliphatic carbocycles. The number of rotatable bonds is 2. The van der Waals surface area contributed by atoms with Crippen LogP contribution < -0.4 is 0 Å². The Bertz CT molecular complexity index is 1580. The highest BCUT2D eigenvalue weighted by molar-refractivity contribution is 6.09. The largest absolute Gasteiger partial charge is 0.309 e. The lowest BCUT2D eigenvalue weighted by Gasteiger charge is -2.57. The first-order valence-corrected chi connectivity index (χ1v) is 15.9. The second-order valence-electron chi connectivity index (χ2n) is 13.7. The number of Topliss-reactive ketones (excluding diaryl/α,β-unsaturated/α-hetero) is 1. The molecule has 9 unspecified atom stereocenters. The Balaban J connectivity index is 1.18. The third-order valence-corrected chi connectivity index (χ3v) is 12.4. The van der Waals surface area contributed by atoms with E-state index in [-0.39, 0.29) is 5.92 Å². The molecule has 39 heavy (non-hydrogen) atoms. The van der Waals surface area contributed by atoms with Gasteiger partial charge in [0.25, 0.3) is 0 Å². The highest BCUT2D eigenvalue weighted by Crippen LogP contribution is 2.68. The van der Waals surface area contributed by atoms with Crippen LogP contribution in [-0.2, 0) is 4.79 Å². The van der Waals surface area contributed by atoms with Gasteiger partial charge in [-0.15, -0.1) is 0 Å². The molecule has 0 aliphatic heterocycles. The van der Waals surface area contributed by atoms with Crippen molar-refractivity contribution in [3.8, 4) is 5.69 Å². The van der Waals surface area contributed by atoms with E-state index < -0.39 is 0 Å². The Morgan fingerprint density at radius 2 is 1.28 bits per heavy atom. The minimum atomic E-state index is 0.259. The minimum absolute atomic E-state index is 0.259. The second-order valence-corrected chi connectivity index (χ2v) is 13.7. The number of carbonyl (C=O) groups excluding carboxylic acids is 1. The lowest BCUT2D eigenvalue weighted by atomic mass is 9.47. The summed E-state index contributed by atoms with van der Waals surface area (Å²) in [6.07, 6.45) is 12.1. The fourth-order valence-corrected chi connectivity index (χ4v) is 11.3. The van der Waals surface area contributed by atoms with Gasteiger partial charge in [-0.3, -0.25) is 4.79 Å². The fourth-order valence-electron chi connectivity index (χ4n) is 11.3. The van der Waals surface area contributed by atoms with Crippen LogP contribution in [0.4, 0.5) is 0 Å². The van der Waals surface area contributed by atoms with Crippen LogP contribution >= 0.6 is 0 Å². The van der Waals surface area contributed by atoms with Gasteiger partial charge in [-0.2, -0.15) is 0 Å². The molecule has 2 heteroatoms. The van der Waals surface area contributed by atoms with Crippen LogP contribution in [0.15, 0.2) is 72.8 Å². The summed E-state index contributed by atoms with van der Waals surface area (Å²) in [6.45, 7) is 0. The Morgan fingerprint density at radius 3 is 2.13 bits per heavy atom. The monoisotopic (exact) mass is 513 g/mol. The van der Waals surface area contributed by atoms with E-state index in [1.807, 2.05) is 0 Å². The lowest BCUT2D eigenvalue weighted by molar-refractivity contribution is -0.126. The van der Waals surface area contributed by atoms with Gasteiger partial charge in [0.15, 0.2) is 0 Å². The van der Waals surface area contributed by atoms with E-state index in [4.69, 9.17) is 0 Å². The van der Waals surface area contributed by atoms with Gasteiger partial charge < -0.3 is 4.57 Å². The van der Waals surface area contributed by atoms with Gasteiger partial charge in [-0.25, -0.2) is 0 Å². The zero-order valence-corrected chi connectivity index (χ0v) is 22.8. The molecule has 5 fully saturated rings. The molecule has 3 aromatic carbocycles. The van der Waals surface area contributed by atoms with Crippen molar-refractivity contribution in [3.05, 3.63) is 78.4 Å². The maximum atomic E-state index is 14.4. The zero-order chi connectivity index (χ0) is 25.7. The van der Waals surface area contributed by atoms with Crippen LogP contribution in [0.2, 0.25) is 0 Å². The molecule has 0 spiro atoms. The summed E-state index contributed by atoms with van der Waals surface area (Å²) in [6, 6.07) is 26.9. The van der Waals surface area contributed by atoms with Gasteiger partial charge in [0.1, 0.15) is 5.78 Å². The summed E-state index contributed by atoms with van der Waals surface area (Å²) in [4.78, 5) is 14.4. The van der Waals surface area contributed by atoms with Gasteiger partial charge in [0, 0.05) is 28.3 Å². The van der Waals surface area contributed by atoms with Crippen molar-refractivity contribution in [1.82, 2.24) is 4.57 Å². The summed E-state index contributed by atoms with van der Waals surface area (Å²) in [5.74, 6) is 6.51. The average molecular weight is 514 g/mol. The Labute approximate surface area is 231 Å². The van der Waals surface area contributed by atoms with Gasteiger partial charge in [-0.05, 0) is 110 Å². The van der Waals surface area contributed by atoms with E-state index in [2.05, 4.69) is 77.4 Å². The molecule has 0 amide bonds. The standard InChI is InChI=1S/C37H39NO/c39-37-31-15-8-14-29-25-11-4-5-12-26(25)30-20-19-24(36(37)35(30)34(29)31)22-17-18-28-27-13-6-7-16-32(27)38(33(28)21-22)23-9-2-1-3-10-23/h1-3,6-7,9-10,13,16-18,21,24-26,29-31,34-36H,4-5,8,11-12,14-15,19-20H2. The highest BCUT2D eigenvalue weighted by atomic mass is 16.1. The Morgan fingerprint density at radius 1 is 0.564 bits per heavy atom. The van der Waals surface area contributed by atoms with Crippen LogP contribution in [-0.4, -0.2) is 10.4 Å². The quantitative estimate of drug-likeness (QED) is 0.262. The van der Waals surface area contributed by atoms with Gasteiger partial charge >= 0.3 is 0 Å². The third kappa shape index (κ3) is 3.12. The van der Waals surface area contributed by atoms with Crippen molar-refractivity contribution in [2.75, 3.05) is 0 Å². The molecular formula is C37H39NO. The Kier molecular flexibility index (Phi) is 5.03. The number of hydrogen-bond donors (Lipinski definition) is 0. The molecule has 1 aromatic heterocycles. The van der Waals surface area contributed by atoms with E-state index >= 15 is 0 Å². The van der Waals surface area contributed by atoms with Gasteiger partial charge in [0.05, 0.1) is 11.0 Å². The molecule has 2 nitrogen and oxygen atoms in total. The summed E-state index contributed by atoms with van der Waals surface area (Å²) in [7, 11) is 0. The van der Waals surface area contributed by atoms with Crippen LogP contribution in [0.25, 0.3) is 27.5 Å². The summed E-state index contributed by atoms with van der Waals surface area (Å²) in [5, 5.41) is 2.63. The minimum Gasteiger partial charge on any atom is -0.309 e. The molecule has 5 aliphatic rings. The first-order valence-electron chi connectivity index (χ1n) is 15.9. The van der Waals surface area contributed by atoms with E-state index in [1.165, 1.54) is 90.8 Å². The number of fused-ring (bicyclic) bond motifs is 6. The topological polar surface area (TPSA) is 22.0 Å². The molecule has 198 valence electrons. The number of ketones is 1. The molecule has 0 N–H and O–H groups in total. The average Bonchev–Trinajstić information content (AvgIpc) is 3.49. The summed E-state index contributed by atoms with van der Waals surface area (Å²) < 4.78 is 2.44. The van der Waals surface area contributed by atoms with Crippen molar-refractivity contribution < 1.29 is 4.79 Å². The van der Waals surface area contributed by atoms with E-state index in [0.29, 0.717) is 29.5 Å². The van der Waals surface area contributed by atoms with E-state index in [9.17, 15) is 4.79 Å². The number of benzene rings is 3. The first kappa shape index (κ1) is 22.9. The summed E-state index contributed by atoms with van der Waals surface area (Å²) >= 11 is 0. The molecule has 9 rings (SSSR count). The number of para-hydroxylation sites is 2. The lowest BCUT2D eigenvalue weighted by Crippen LogP contribution is -2.51. The predicted octanol–water partition coefficient (Wildman–Crippen LogP) is 8.94.